The molecule has 0 saturated carbocycles. The van der Waals surface area contributed by atoms with Crippen LogP contribution in [0.3, 0.4) is 0 Å². The summed E-state index contributed by atoms with van der Waals surface area (Å²) in [5, 5.41) is 19.2. The average molecular weight is 719 g/mol. The van der Waals surface area contributed by atoms with E-state index in [-0.39, 0.29) is 0 Å². The van der Waals surface area contributed by atoms with Crippen molar-refractivity contribution in [3.05, 3.63) is 119 Å². The molecule has 252 valence electrons. The van der Waals surface area contributed by atoms with Gasteiger partial charge in [-0.05, 0) is 76.2 Å². The van der Waals surface area contributed by atoms with E-state index in [0.717, 1.165) is 65.5 Å². The molecule has 52 heavy (non-hydrogen) atoms. The second kappa shape index (κ2) is 14.6. The average Bonchev–Trinajstić information content (AvgIpc) is 3.84. The van der Waals surface area contributed by atoms with Gasteiger partial charge in [0.05, 0.1) is 45.3 Å². The van der Waals surface area contributed by atoms with Crippen LogP contribution < -0.4 is 9.47 Å². The van der Waals surface area contributed by atoms with E-state index >= 15 is 0 Å². The molecule has 6 heterocycles. The minimum atomic E-state index is 0.483. The zero-order chi connectivity index (χ0) is 36.2. The van der Waals surface area contributed by atoms with Gasteiger partial charge in [0.1, 0.15) is 33.6 Å². The predicted molar refractivity (Wildman–Crippen MR) is 198 cm³/mol. The summed E-state index contributed by atoms with van der Waals surface area (Å²) in [6.45, 7) is 7.63. The molecule has 14 heteroatoms. The summed E-state index contributed by atoms with van der Waals surface area (Å²) >= 11 is 2.93. The number of aryl methyl sites for hydroxylation is 4. The molecule has 12 nitrogen and oxygen atoms in total. The van der Waals surface area contributed by atoms with Gasteiger partial charge in [0.15, 0.2) is 0 Å². The highest BCUT2D eigenvalue weighted by Crippen LogP contribution is 2.36. The lowest BCUT2D eigenvalue weighted by Crippen LogP contribution is -1.97. The molecule has 0 unspecified atom stereocenters. The molecule has 8 aromatic rings. The van der Waals surface area contributed by atoms with Crippen LogP contribution >= 0.6 is 22.7 Å². The first-order valence-electron chi connectivity index (χ1n) is 15.7. The van der Waals surface area contributed by atoms with Gasteiger partial charge in [0.25, 0.3) is 0 Å². The second-order valence-corrected chi connectivity index (χ2v) is 13.0. The lowest BCUT2D eigenvalue weighted by molar-refractivity contribution is 0.469. The van der Waals surface area contributed by atoms with Crippen molar-refractivity contribution < 1.29 is 9.47 Å². The van der Waals surface area contributed by atoms with E-state index in [1.807, 2.05) is 64.1 Å². The smallest absolute Gasteiger partial charge is 0.238 e. The van der Waals surface area contributed by atoms with E-state index in [2.05, 4.69) is 52.0 Å². The van der Waals surface area contributed by atoms with Gasteiger partial charge < -0.3 is 9.47 Å². The molecule has 8 rings (SSSR count). The largest absolute Gasteiger partial charge is 0.437 e. The van der Waals surface area contributed by atoms with Crippen molar-refractivity contribution in [2.45, 2.75) is 27.7 Å². The first kappa shape index (κ1) is 33.7. The Labute approximate surface area is 305 Å². The summed E-state index contributed by atoms with van der Waals surface area (Å²) in [4.78, 5) is 34.1. The molecule has 0 saturated heterocycles. The van der Waals surface area contributed by atoms with E-state index in [1.54, 1.807) is 35.5 Å². The SMILES string of the molecule is Cc1ncnc(C)c1-c1ccc(Oc2nccc3ncsc23)cc1C#N.Cc1ncnc(C)c1-c1ccc(Oc2nccc3ncsc23)cc1C#N. The number of hydrogen-bond acceptors (Lipinski definition) is 14. The molecule has 6 aromatic heterocycles. The highest BCUT2D eigenvalue weighted by Gasteiger charge is 2.16. The maximum atomic E-state index is 9.62. The van der Waals surface area contributed by atoms with Crippen molar-refractivity contribution in [1.82, 2.24) is 39.9 Å². The number of pyridine rings is 2. The van der Waals surface area contributed by atoms with Crippen LogP contribution in [0, 0.1) is 50.4 Å². The Kier molecular flexibility index (Phi) is 9.49. The summed E-state index contributed by atoms with van der Waals surface area (Å²) in [6, 6.07) is 18.9. The summed E-state index contributed by atoms with van der Waals surface area (Å²) in [7, 11) is 0. The Morgan fingerprint density at radius 3 is 1.31 bits per heavy atom. The number of nitriles is 2. The van der Waals surface area contributed by atoms with Gasteiger partial charge in [-0.15, -0.1) is 22.7 Å². The molecule has 0 amide bonds. The fourth-order valence-electron chi connectivity index (χ4n) is 5.66. The number of thiazole rings is 2. The van der Waals surface area contributed by atoms with E-state index in [0.29, 0.717) is 34.4 Å². The van der Waals surface area contributed by atoms with Gasteiger partial charge in [-0.1, -0.05) is 0 Å². The number of ether oxygens (including phenoxy) is 2. The summed E-state index contributed by atoms with van der Waals surface area (Å²) in [6.07, 6.45) is 6.37. The molecule has 0 spiro atoms. The van der Waals surface area contributed by atoms with Crippen molar-refractivity contribution in [3.8, 4) is 57.7 Å². The molecule has 0 bridgehead atoms. The van der Waals surface area contributed by atoms with Crippen LogP contribution in [0.5, 0.6) is 23.3 Å². The number of benzene rings is 2. The molecular formula is C38H26N10O2S2. The molecule has 2 aromatic carbocycles. The van der Waals surface area contributed by atoms with Crippen molar-refractivity contribution in [2.75, 3.05) is 0 Å². The van der Waals surface area contributed by atoms with Crippen molar-refractivity contribution >= 4 is 43.1 Å². The normalized spacial score (nSPS) is 10.7. The molecule has 0 radical (unpaired) electrons. The molecule has 0 aliphatic heterocycles. The van der Waals surface area contributed by atoms with Gasteiger partial charge in [-0.25, -0.2) is 39.9 Å². The maximum absolute atomic E-state index is 9.62. The number of rotatable bonds is 6. The molecule has 0 atom stereocenters. The van der Waals surface area contributed by atoms with Gasteiger partial charge in [0, 0.05) is 57.4 Å². The maximum Gasteiger partial charge on any atom is 0.238 e. The number of aromatic nitrogens is 8. The quantitative estimate of drug-likeness (QED) is 0.160. The Balaban J connectivity index is 0.000000162. The summed E-state index contributed by atoms with van der Waals surface area (Å²) in [5.74, 6) is 2.06. The first-order valence-corrected chi connectivity index (χ1v) is 17.5. The van der Waals surface area contributed by atoms with E-state index in [1.165, 1.54) is 35.3 Å². The summed E-state index contributed by atoms with van der Waals surface area (Å²) in [5.41, 5.74) is 12.8. The number of nitrogens with zero attached hydrogens (tertiary/aromatic N) is 10. The van der Waals surface area contributed by atoms with Crippen LogP contribution in [0.1, 0.15) is 33.9 Å². The van der Waals surface area contributed by atoms with Crippen LogP contribution in [-0.2, 0) is 0 Å². The Bertz CT molecular complexity index is 2470. The highest BCUT2D eigenvalue weighted by atomic mass is 32.1. The van der Waals surface area contributed by atoms with Gasteiger partial charge >= 0.3 is 0 Å². The van der Waals surface area contributed by atoms with Crippen LogP contribution in [0.25, 0.3) is 42.7 Å². The molecule has 0 aliphatic carbocycles. The lowest BCUT2D eigenvalue weighted by atomic mass is 9.98. The van der Waals surface area contributed by atoms with E-state index in [4.69, 9.17) is 9.47 Å². The zero-order valence-electron chi connectivity index (χ0n) is 28.2. The second-order valence-electron chi connectivity index (χ2n) is 11.3. The third-order valence-corrected chi connectivity index (χ3v) is 9.73. The van der Waals surface area contributed by atoms with Crippen LogP contribution in [0.4, 0.5) is 0 Å². The van der Waals surface area contributed by atoms with Crippen molar-refractivity contribution in [1.29, 1.82) is 10.5 Å². The van der Waals surface area contributed by atoms with Crippen molar-refractivity contribution in [2.24, 2.45) is 0 Å². The van der Waals surface area contributed by atoms with Gasteiger partial charge in [0.2, 0.25) is 11.8 Å². The Morgan fingerprint density at radius 2 is 0.923 bits per heavy atom. The monoisotopic (exact) mass is 718 g/mol. The van der Waals surface area contributed by atoms with Gasteiger partial charge in [-0.3, -0.25) is 0 Å². The highest BCUT2D eigenvalue weighted by molar-refractivity contribution is 7.17. The molecule has 0 fully saturated rings. The summed E-state index contributed by atoms with van der Waals surface area (Å²) < 4.78 is 13.6. The number of hydrogen-bond donors (Lipinski definition) is 0. The predicted octanol–water partition coefficient (Wildman–Crippen LogP) is 8.86. The van der Waals surface area contributed by atoms with Crippen LogP contribution in [0.15, 0.2) is 84.6 Å². The van der Waals surface area contributed by atoms with Crippen LogP contribution in [0.2, 0.25) is 0 Å². The topological polar surface area (TPSA) is 169 Å². The van der Waals surface area contributed by atoms with Crippen LogP contribution in [-0.4, -0.2) is 39.9 Å². The molecule has 0 N–H and O–H groups in total. The minimum Gasteiger partial charge on any atom is -0.437 e. The fraction of sp³-hybridized carbons (Fsp3) is 0.105. The van der Waals surface area contributed by atoms with Crippen molar-refractivity contribution in [3.63, 3.8) is 0 Å². The third kappa shape index (κ3) is 6.72. The Hall–Kier alpha value is -6.74. The fourth-order valence-corrected chi connectivity index (χ4v) is 7.08. The Morgan fingerprint density at radius 1 is 0.519 bits per heavy atom. The standard InChI is InChI=1S/2C19H13N5OS/c2*1-11-17(12(2)23-9-22-11)15-4-3-14(7-13(15)8-20)25-19-18-16(5-6-21-19)24-10-26-18/h2*3-7,9-10H,1-2H3. The third-order valence-electron chi connectivity index (χ3n) is 8.07. The van der Waals surface area contributed by atoms with E-state index < -0.39 is 0 Å². The lowest BCUT2D eigenvalue weighted by Gasteiger charge is -2.11. The minimum absolute atomic E-state index is 0.483. The zero-order valence-corrected chi connectivity index (χ0v) is 29.8. The molecular weight excluding hydrogens is 693 g/mol. The number of fused-ring (bicyclic) bond motifs is 2. The molecule has 0 aliphatic rings. The first-order chi connectivity index (χ1) is 25.3. The van der Waals surface area contributed by atoms with E-state index in [9.17, 15) is 10.5 Å². The van der Waals surface area contributed by atoms with Gasteiger partial charge in [-0.2, -0.15) is 10.5 Å².